The highest BCUT2D eigenvalue weighted by atomic mass is 19.4. The van der Waals surface area contributed by atoms with E-state index >= 15 is 0 Å². The molecule has 0 aromatic carbocycles. The van der Waals surface area contributed by atoms with E-state index in [1.807, 2.05) is 0 Å². The molecule has 1 fully saturated rings. The third-order valence-corrected chi connectivity index (χ3v) is 3.38. The highest BCUT2D eigenvalue weighted by molar-refractivity contribution is 5.92. The summed E-state index contributed by atoms with van der Waals surface area (Å²) in [5.41, 5.74) is -0.0734. The van der Waals surface area contributed by atoms with Crippen molar-refractivity contribution < 1.29 is 32.6 Å². The molecule has 1 aromatic heterocycles. The standard InChI is InChI=1S/C14H15F3N2O4/c15-14(16,17)8-23-11-5-1-4-10(18-11)12(20)19-6-2-3-9(7-19)13(21)22/h1,4-5,9H,2-3,6-8H2,(H,21,22). The monoisotopic (exact) mass is 332 g/mol. The van der Waals surface area contributed by atoms with Crippen LogP contribution < -0.4 is 4.74 Å². The number of carboxylic acid groups (broad SMARTS) is 1. The smallest absolute Gasteiger partial charge is 0.422 e. The fraction of sp³-hybridized carbons (Fsp3) is 0.500. The molecule has 0 radical (unpaired) electrons. The molecule has 1 amide bonds. The first-order chi connectivity index (χ1) is 10.8. The molecule has 2 heterocycles. The predicted octanol–water partition coefficient (Wildman–Crippen LogP) is 1.96. The average Bonchev–Trinajstić information content (AvgIpc) is 2.52. The van der Waals surface area contributed by atoms with Crippen molar-refractivity contribution in [3.63, 3.8) is 0 Å². The van der Waals surface area contributed by atoms with E-state index in [1.165, 1.54) is 23.1 Å². The van der Waals surface area contributed by atoms with Crippen LogP contribution in [0.1, 0.15) is 23.3 Å². The van der Waals surface area contributed by atoms with E-state index in [9.17, 15) is 22.8 Å². The summed E-state index contributed by atoms with van der Waals surface area (Å²) >= 11 is 0. The number of nitrogens with zero attached hydrogens (tertiary/aromatic N) is 2. The molecule has 1 aliphatic rings. The highest BCUT2D eigenvalue weighted by Gasteiger charge is 2.30. The summed E-state index contributed by atoms with van der Waals surface area (Å²) in [7, 11) is 0. The fourth-order valence-corrected chi connectivity index (χ4v) is 2.30. The first kappa shape index (κ1) is 17.0. The quantitative estimate of drug-likeness (QED) is 0.912. The van der Waals surface area contributed by atoms with Crippen molar-refractivity contribution in [2.24, 2.45) is 5.92 Å². The molecule has 1 N–H and O–H groups in total. The Morgan fingerprint density at radius 2 is 2.13 bits per heavy atom. The van der Waals surface area contributed by atoms with Gasteiger partial charge in [-0.25, -0.2) is 4.98 Å². The second kappa shape index (κ2) is 6.84. The largest absolute Gasteiger partial charge is 0.481 e. The first-order valence-corrected chi connectivity index (χ1v) is 6.95. The Bertz CT molecular complexity index is 592. The minimum Gasteiger partial charge on any atom is -0.481 e. The lowest BCUT2D eigenvalue weighted by atomic mass is 9.98. The van der Waals surface area contributed by atoms with Crippen LogP contribution in [0.4, 0.5) is 13.2 Å². The van der Waals surface area contributed by atoms with Gasteiger partial charge >= 0.3 is 12.1 Å². The van der Waals surface area contributed by atoms with Crippen molar-refractivity contribution in [2.45, 2.75) is 19.0 Å². The zero-order valence-corrected chi connectivity index (χ0v) is 12.0. The molecule has 0 saturated carbocycles. The molecule has 2 rings (SSSR count). The van der Waals surface area contributed by atoms with Gasteiger partial charge in [-0.15, -0.1) is 0 Å². The fourth-order valence-electron chi connectivity index (χ4n) is 2.30. The van der Waals surface area contributed by atoms with E-state index in [4.69, 9.17) is 5.11 Å². The minimum absolute atomic E-state index is 0.0590. The third-order valence-electron chi connectivity index (χ3n) is 3.38. The van der Waals surface area contributed by atoms with Crippen molar-refractivity contribution >= 4 is 11.9 Å². The Balaban J connectivity index is 2.06. The van der Waals surface area contributed by atoms with Gasteiger partial charge in [-0.2, -0.15) is 13.2 Å². The van der Waals surface area contributed by atoms with Gasteiger partial charge in [0, 0.05) is 19.2 Å². The number of rotatable bonds is 4. The van der Waals surface area contributed by atoms with Crippen LogP contribution in [-0.4, -0.2) is 52.7 Å². The lowest BCUT2D eigenvalue weighted by Gasteiger charge is -2.30. The number of hydrogen-bond donors (Lipinski definition) is 1. The molecular formula is C14H15F3N2O4. The second-order valence-corrected chi connectivity index (χ2v) is 5.19. The Morgan fingerprint density at radius 1 is 1.39 bits per heavy atom. The van der Waals surface area contributed by atoms with Crippen LogP contribution in [0.3, 0.4) is 0 Å². The molecule has 1 atom stereocenters. The summed E-state index contributed by atoms with van der Waals surface area (Å²) in [5.74, 6) is -2.44. The SMILES string of the molecule is O=C(O)C1CCCN(C(=O)c2cccc(OCC(F)(F)F)n2)C1. The van der Waals surface area contributed by atoms with Crippen molar-refractivity contribution in [2.75, 3.05) is 19.7 Å². The number of carbonyl (C=O) groups is 2. The Labute approximate surface area is 129 Å². The number of likely N-dealkylation sites (tertiary alicyclic amines) is 1. The van der Waals surface area contributed by atoms with E-state index in [1.54, 1.807) is 0 Å². The second-order valence-electron chi connectivity index (χ2n) is 5.19. The lowest BCUT2D eigenvalue weighted by Crippen LogP contribution is -2.42. The maximum absolute atomic E-state index is 12.3. The van der Waals surface area contributed by atoms with Crippen molar-refractivity contribution in [3.8, 4) is 5.88 Å². The van der Waals surface area contributed by atoms with Gasteiger partial charge in [0.05, 0.1) is 5.92 Å². The number of amides is 1. The molecule has 1 unspecified atom stereocenters. The van der Waals surface area contributed by atoms with Crippen LogP contribution in [0.25, 0.3) is 0 Å². The molecule has 0 bridgehead atoms. The number of piperidine rings is 1. The summed E-state index contributed by atoms with van der Waals surface area (Å²) in [6, 6.07) is 3.94. The molecule has 23 heavy (non-hydrogen) atoms. The maximum Gasteiger partial charge on any atom is 0.422 e. The molecule has 9 heteroatoms. The highest BCUT2D eigenvalue weighted by Crippen LogP contribution is 2.20. The number of hydrogen-bond acceptors (Lipinski definition) is 4. The van der Waals surface area contributed by atoms with E-state index in [0.29, 0.717) is 19.4 Å². The predicted molar refractivity (Wildman–Crippen MR) is 72.1 cm³/mol. The molecule has 0 aliphatic carbocycles. The van der Waals surface area contributed by atoms with Gasteiger partial charge in [0.15, 0.2) is 6.61 Å². The van der Waals surface area contributed by atoms with Gasteiger partial charge in [-0.1, -0.05) is 6.07 Å². The van der Waals surface area contributed by atoms with E-state index in [0.717, 1.165) is 0 Å². The van der Waals surface area contributed by atoms with Crippen LogP contribution in [0.2, 0.25) is 0 Å². The van der Waals surface area contributed by atoms with E-state index in [2.05, 4.69) is 9.72 Å². The van der Waals surface area contributed by atoms with Gasteiger partial charge in [0.25, 0.3) is 5.91 Å². The number of carboxylic acids is 1. The first-order valence-electron chi connectivity index (χ1n) is 6.95. The van der Waals surface area contributed by atoms with Gasteiger partial charge in [-0.3, -0.25) is 9.59 Å². The zero-order chi connectivity index (χ0) is 17.0. The summed E-state index contributed by atoms with van der Waals surface area (Å²) in [6.07, 6.45) is -3.46. The maximum atomic E-state index is 12.3. The number of alkyl halides is 3. The van der Waals surface area contributed by atoms with Crippen LogP contribution in [0.5, 0.6) is 5.88 Å². The molecule has 0 spiro atoms. The number of carbonyl (C=O) groups excluding carboxylic acids is 1. The lowest BCUT2D eigenvalue weighted by molar-refractivity contribution is -0.154. The van der Waals surface area contributed by atoms with Crippen molar-refractivity contribution in [3.05, 3.63) is 23.9 Å². The van der Waals surface area contributed by atoms with Crippen LogP contribution >= 0.6 is 0 Å². The van der Waals surface area contributed by atoms with Crippen LogP contribution in [0.15, 0.2) is 18.2 Å². The minimum atomic E-state index is -4.50. The normalized spacial score (nSPS) is 18.6. The number of aromatic nitrogens is 1. The van der Waals surface area contributed by atoms with Crippen LogP contribution in [0, 0.1) is 5.92 Å². The molecular weight excluding hydrogens is 317 g/mol. The Hall–Kier alpha value is -2.32. The van der Waals surface area contributed by atoms with Gasteiger partial charge in [-0.05, 0) is 18.9 Å². The number of halogens is 3. The van der Waals surface area contributed by atoms with E-state index in [-0.39, 0.29) is 18.1 Å². The molecule has 6 nitrogen and oxygen atoms in total. The average molecular weight is 332 g/mol. The van der Waals surface area contributed by atoms with E-state index < -0.39 is 30.6 Å². The molecule has 1 aliphatic heterocycles. The topological polar surface area (TPSA) is 79.7 Å². The number of pyridine rings is 1. The summed E-state index contributed by atoms with van der Waals surface area (Å²) in [4.78, 5) is 28.4. The summed E-state index contributed by atoms with van der Waals surface area (Å²) < 4.78 is 40.9. The number of aliphatic carboxylic acids is 1. The Kier molecular flexibility index (Phi) is 5.07. The molecule has 126 valence electrons. The molecule has 1 saturated heterocycles. The van der Waals surface area contributed by atoms with Crippen molar-refractivity contribution in [1.82, 2.24) is 9.88 Å². The number of ether oxygens (including phenoxy) is 1. The summed E-state index contributed by atoms with van der Waals surface area (Å²) in [5, 5.41) is 9.02. The van der Waals surface area contributed by atoms with Gasteiger partial charge in [0.2, 0.25) is 5.88 Å². The van der Waals surface area contributed by atoms with Gasteiger partial charge < -0.3 is 14.7 Å². The zero-order valence-electron chi connectivity index (χ0n) is 12.0. The van der Waals surface area contributed by atoms with Crippen molar-refractivity contribution in [1.29, 1.82) is 0 Å². The van der Waals surface area contributed by atoms with Crippen LogP contribution in [-0.2, 0) is 4.79 Å². The Morgan fingerprint density at radius 3 is 2.78 bits per heavy atom. The third kappa shape index (κ3) is 4.83. The summed E-state index contributed by atoms with van der Waals surface area (Å²) in [6.45, 7) is -1.05. The van der Waals surface area contributed by atoms with Gasteiger partial charge in [0.1, 0.15) is 5.69 Å². The molecule has 1 aromatic rings.